The summed E-state index contributed by atoms with van der Waals surface area (Å²) < 4.78 is 1.42. The molecule has 0 saturated carbocycles. The van der Waals surface area contributed by atoms with Gasteiger partial charge in [-0.2, -0.15) is 0 Å². The van der Waals surface area contributed by atoms with Gasteiger partial charge < -0.3 is 0 Å². The average Bonchev–Trinajstić information content (AvgIpc) is 2.76. The number of benzene rings is 3. The van der Waals surface area contributed by atoms with E-state index >= 15 is 0 Å². The zero-order valence-electron chi connectivity index (χ0n) is 17.6. The molecule has 1 N–H and O–H groups in total. The average molecular weight is 412 g/mol. The number of ketones is 1. The van der Waals surface area contributed by atoms with Gasteiger partial charge in [-0.1, -0.05) is 86.6 Å². The predicted octanol–water partition coefficient (Wildman–Crippen LogP) is 4.29. The summed E-state index contributed by atoms with van der Waals surface area (Å²) in [4.78, 5) is 40.8. The van der Waals surface area contributed by atoms with E-state index in [1.54, 1.807) is 24.3 Å². The molecule has 3 aromatic carbocycles. The van der Waals surface area contributed by atoms with Crippen LogP contribution in [0.15, 0.2) is 82.4 Å². The number of aromatic amines is 1. The molecule has 4 aromatic rings. The fourth-order valence-corrected chi connectivity index (χ4v) is 4.07. The lowest BCUT2D eigenvalue weighted by atomic mass is 9.95. The summed E-state index contributed by atoms with van der Waals surface area (Å²) in [6.07, 6.45) is 0.385. The molecule has 5 nitrogen and oxygen atoms in total. The van der Waals surface area contributed by atoms with Gasteiger partial charge in [0.2, 0.25) is 0 Å². The molecule has 0 bridgehead atoms. The molecule has 0 atom stereocenters. The van der Waals surface area contributed by atoms with Gasteiger partial charge >= 0.3 is 5.69 Å². The van der Waals surface area contributed by atoms with Crippen molar-refractivity contribution in [2.24, 2.45) is 0 Å². The zero-order chi connectivity index (χ0) is 22.0. The smallest absolute Gasteiger partial charge is 0.292 e. The maximum Gasteiger partial charge on any atom is 0.328 e. The quantitative estimate of drug-likeness (QED) is 0.480. The van der Waals surface area contributed by atoms with Gasteiger partial charge in [-0.05, 0) is 22.3 Å². The molecule has 0 aliphatic carbocycles. The Kier molecular flexibility index (Phi) is 5.67. The van der Waals surface area contributed by atoms with Crippen LogP contribution in [0.2, 0.25) is 0 Å². The van der Waals surface area contributed by atoms with Crippen molar-refractivity contribution in [3.05, 3.63) is 116 Å². The number of H-pyrrole nitrogens is 1. The topological polar surface area (TPSA) is 71.9 Å². The normalized spacial score (nSPS) is 11.2. The number of hydrogen-bond donors (Lipinski definition) is 1. The van der Waals surface area contributed by atoms with Crippen LogP contribution in [0, 0.1) is 0 Å². The van der Waals surface area contributed by atoms with E-state index in [-0.39, 0.29) is 18.2 Å². The molecule has 31 heavy (non-hydrogen) atoms. The second-order valence-electron chi connectivity index (χ2n) is 7.96. The summed E-state index contributed by atoms with van der Waals surface area (Å²) >= 11 is 0. The Balaban J connectivity index is 1.88. The van der Waals surface area contributed by atoms with Crippen molar-refractivity contribution in [3.63, 3.8) is 0 Å². The van der Waals surface area contributed by atoms with E-state index < -0.39 is 11.2 Å². The van der Waals surface area contributed by atoms with Crippen LogP contribution in [0.5, 0.6) is 0 Å². The molecule has 5 heteroatoms. The Morgan fingerprint density at radius 3 is 2.32 bits per heavy atom. The SMILES string of the molecule is CC(C)c1c(Cc2cccc3ccccc23)n(CC(=O)c2ccccc2)c(=O)[nH]c1=O. The number of aromatic nitrogens is 2. The van der Waals surface area contributed by atoms with E-state index in [0.717, 1.165) is 16.3 Å². The number of Topliss-reactive ketones (excluding diaryl/α,β-unsaturated/α-hetero) is 1. The Morgan fingerprint density at radius 1 is 0.903 bits per heavy atom. The summed E-state index contributed by atoms with van der Waals surface area (Å²) in [5.41, 5.74) is 1.71. The van der Waals surface area contributed by atoms with Crippen molar-refractivity contribution < 1.29 is 4.79 Å². The van der Waals surface area contributed by atoms with E-state index in [2.05, 4.69) is 4.98 Å². The van der Waals surface area contributed by atoms with Crippen molar-refractivity contribution in [2.45, 2.75) is 32.7 Å². The molecule has 1 aromatic heterocycles. The minimum absolute atomic E-state index is 0.104. The van der Waals surface area contributed by atoms with Crippen LogP contribution in [-0.4, -0.2) is 15.3 Å². The largest absolute Gasteiger partial charge is 0.328 e. The van der Waals surface area contributed by atoms with Crippen molar-refractivity contribution >= 4 is 16.6 Å². The summed E-state index contributed by atoms with van der Waals surface area (Å²) in [6, 6.07) is 22.9. The molecular formula is C26H24N2O3. The number of hydrogen-bond acceptors (Lipinski definition) is 3. The van der Waals surface area contributed by atoms with E-state index in [9.17, 15) is 14.4 Å². The number of carbonyl (C=O) groups excluding carboxylic acids is 1. The number of rotatable bonds is 6. The third-order valence-corrected chi connectivity index (χ3v) is 5.56. The lowest BCUT2D eigenvalue weighted by Crippen LogP contribution is -2.37. The van der Waals surface area contributed by atoms with E-state index in [1.165, 1.54) is 4.57 Å². The summed E-state index contributed by atoms with van der Waals surface area (Å²) in [6.45, 7) is 3.72. The monoisotopic (exact) mass is 412 g/mol. The summed E-state index contributed by atoms with van der Waals surface area (Å²) in [5, 5.41) is 2.15. The van der Waals surface area contributed by atoms with Gasteiger partial charge in [0, 0.05) is 23.2 Å². The molecule has 0 saturated heterocycles. The Morgan fingerprint density at radius 2 is 1.58 bits per heavy atom. The van der Waals surface area contributed by atoms with Crippen LogP contribution < -0.4 is 11.2 Å². The van der Waals surface area contributed by atoms with Gasteiger partial charge in [-0.3, -0.25) is 19.1 Å². The fraction of sp³-hybridized carbons (Fsp3) is 0.192. The minimum atomic E-state index is -0.561. The van der Waals surface area contributed by atoms with E-state index in [0.29, 0.717) is 23.2 Å². The third kappa shape index (κ3) is 4.12. The highest BCUT2D eigenvalue weighted by atomic mass is 16.2. The first-order valence-electron chi connectivity index (χ1n) is 10.4. The molecule has 0 aliphatic heterocycles. The van der Waals surface area contributed by atoms with Crippen molar-refractivity contribution in [2.75, 3.05) is 0 Å². The standard InChI is InChI=1S/C26H24N2O3/c1-17(2)24-22(15-20-13-8-12-18-9-6-7-14-21(18)20)28(26(31)27-25(24)30)16-23(29)19-10-4-3-5-11-19/h3-14,17H,15-16H2,1-2H3,(H,27,30,31). The van der Waals surface area contributed by atoms with Crippen LogP contribution in [0.4, 0.5) is 0 Å². The van der Waals surface area contributed by atoms with Crippen molar-refractivity contribution in [1.82, 2.24) is 9.55 Å². The van der Waals surface area contributed by atoms with Crippen LogP contribution in [0.3, 0.4) is 0 Å². The van der Waals surface area contributed by atoms with E-state index in [4.69, 9.17) is 0 Å². The van der Waals surface area contributed by atoms with Gasteiger partial charge in [0.25, 0.3) is 5.56 Å². The fourth-order valence-electron chi connectivity index (χ4n) is 4.07. The zero-order valence-corrected chi connectivity index (χ0v) is 17.6. The third-order valence-electron chi connectivity index (χ3n) is 5.56. The van der Waals surface area contributed by atoms with Gasteiger partial charge in [-0.25, -0.2) is 4.79 Å². The highest BCUT2D eigenvalue weighted by Crippen LogP contribution is 2.24. The molecular weight excluding hydrogens is 388 g/mol. The first-order valence-corrected chi connectivity index (χ1v) is 10.4. The Hall–Kier alpha value is -3.73. The number of nitrogens with one attached hydrogen (secondary N) is 1. The van der Waals surface area contributed by atoms with Crippen LogP contribution in [0.1, 0.15) is 46.9 Å². The lowest BCUT2D eigenvalue weighted by Gasteiger charge is -2.19. The first kappa shape index (κ1) is 20.5. The maximum absolute atomic E-state index is 12.9. The molecule has 1 heterocycles. The Labute approximate surface area is 180 Å². The molecule has 0 amide bonds. The molecule has 156 valence electrons. The van der Waals surface area contributed by atoms with Crippen molar-refractivity contribution in [1.29, 1.82) is 0 Å². The molecule has 0 unspecified atom stereocenters. The molecule has 0 radical (unpaired) electrons. The van der Waals surface area contributed by atoms with Crippen molar-refractivity contribution in [3.8, 4) is 0 Å². The molecule has 0 aliphatic rings. The highest BCUT2D eigenvalue weighted by molar-refractivity contribution is 5.95. The minimum Gasteiger partial charge on any atom is -0.292 e. The second-order valence-corrected chi connectivity index (χ2v) is 7.96. The summed E-state index contributed by atoms with van der Waals surface area (Å²) in [7, 11) is 0. The van der Waals surface area contributed by atoms with Gasteiger partial charge in [0.05, 0.1) is 6.54 Å². The first-order chi connectivity index (χ1) is 15.0. The number of carbonyl (C=O) groups is 1. The van der Waals surface area contributed by atoms with Crippen LogP contribution in [0.25, 0.3) is 10.8 Å². The number of fused-ring (bicyclic) bond motifs is 1. The van der Waals surface area contributed by atoms with E-state index in [1.807, 2.05) is 62.4 Å². The van der Waals surface area contributed by atoms with Crippen LogP contribution >= 0.6 is 0 Å². The summed E-state index contributed by atoms with van der Waals surface area (Å²) in [5.74, 6) is -0.281. The van der Waals surface area contributed by atoms with Gasteiger partial charge in [0.15, 0.2) is 5.78 Å². The van der Waals surface area contributed by atoms with Crippen LogP contribution in [-0.2, 0) is 13.0 Å². The number of nitrogens with zero attached hydrogens (tertiary/aromatic N) is 1. The van der Waals surface area contributed by atoms with Gasteiger partial charge in [0.1, 0.15) is 0 Å². The predicted molar refractivity (Wildman–Crippen MR) is 123 cm³/mol. The molecule has 0 fully saturated rings. The Bertz CT molecular complexity index is 1360. The molecule has 0 spiro atoms. The lowest BCUT2D eigenvalue weighted by molar-refractivity contribution is 0.0969. The van der Waals surface area contributed by atoms with Gasteiger partial charge in [-0.15, -0.1) is 0 Å². The second kappa shape index (κ2) is 8.56. The molecule has 4 rings (SSSR count). The highest BCUT2D eigenvalue weighted by Gasteiger charge is 2.20. The maximum atomic E-state index is 12.9.